The number of likely N-dealkylation sites (tertiary alicyclic amines) is 1. The minimum atomic E-state index is -0.0626. The highest BCUT2D eigenvalue weighted by Gasteiger charge is 2.21. The highest BCUT2D eigenvalue weighted by molar-refractivity contribution is 4.76. The van der Waals surface area contributed by atoms with Gasteiger partial charge >= 0.3 is 0 Å². The van der Waals surface area contributed by atoms with E-state index in [0.29, 0.717) is 6.04 Å². The molecule has 0 aromatic heterocycles. The van der Waals surface area contributed by atoms with Crippen molar-refractivity contribution in [3.05, 3.63) is 0 Å². The SMILES string of the molecule is CC(C)C.CC(C)N1CCC(O)C1. The maximum absolute atomic E-state index is 9.11. The van der Waals surface area contributed by atoms with Gasteiger partial charge in [0.2, 0.25) is 0 Å². The molecule has 0 amide bonds. The second-order valence-corrected chi connectivity index (χ2v) is 4.76. The average molecular weight is 187 g/mol. The first-order chi connectivity index (χ1) is 5.93. The van der Waals surface area contributed by atoms with Crippen molar-refractivity contribution in [3.8, 4) is 0 Å². The molecule has 0 aromatic rings. The van der Waals surface area contributed by atoms with Gasteiger partial charge in [0.1, 0.15) is 0 Å². The van der Waals surface area contributed by atoms with Crippen molar-refractivity contribution in [2.75, 3.05) is 13.1 Å². The summed E-state index contributed by atoms with van der Waals surface area (Å²) in [7, 11) is 0. The van der Waals surface area contributed by atoms with E-state index in [9.17, 15) is 0 Å². The number of nitrogens with zero attached hydrogens (tertiary/aromatic N) is 1. The van der Waals surface area contributed by atoms with E-state index in [1.54, 1.807) is 0 Å². The van der Waals surface area contributed by atoms with Crippen LogP contribution in [-0.2, 0) is 0 Å². The molecule has 0 radical (unpaired) electrons. The molecular weight excluding hydrogens is 162 g/mol. The number of aliphatic hydroxyl groups excluding tert-OH is 1. The third-order valence-electron chi connectivity index (χ3n) is 1.93. The van der Waals surface area contributed by atoms with E-state index in [4.69, 9.17) is 5.11 Å². The highest BCUT2D eigenvalue weighted by Crippen LogP contribution is 2.11. The Hall–Kier alpha value is -0.0800. The molecule has 1 N–H and O–H groups in total. The van der Waals surface area contributed by atoms with Crippen LogP contribution in [0, 0.1) is 5.92 Å². The summed E-state index contributed by atoms with van der Waals surface area (Å²) in [4.78, 5) is 2.30. The van der Waals surface area contributed by atoms with Crippen molar-refractivity contribution in [1.82, 2.24) is 4.90 Å². The molecule has 0 aliphatic carbocycles. The highest BCUT2D eigenvalue weighted by atomic mass is 16.3. The Balaban J connectivity index is 0.000000310. The minimum Gasteiger partial charge on any atom is -0.392 e. The molecule has 1 heterocycles. The molecule has 1 fully saturated rings. The largest absolute Gasteiger partial charge is 0.392 e. The third kappa shape index (κ3) is 7.03. The molecule has 1 aliphatic rings. The van der Waals surface area contributed by atoms with Gasteiger partial charge in [0, 0.05) is 19.1 Å². The average Bonchev–Trinajstić information content (AvgIpc) is 2.34. The van der Waals surface area contributed by atoms with Crippen LogP contribution in [0.2, 0.25) is 0 Å². The molecule has 0 saturated carbocycles. The van der Waals surface area contributed by atoms with Crippen molar-refractivity contribution in [1.29, 1.82) is 0 Å². The molecule has 1 saturated heterocycles. The normalized spacial score (nSPS) is 23.5. The number of aliphatic hydroxyl groups is 1. The summed E-state index contributed by atoms with van der Waals surface area (Å²) in [5, 5.41) is 9.11. The quantitative estimate of drug-likeness (QED) is 0.679. The van der Waals surface area contributed by atoms with Crippen LogP contribution >= 0.6 is 0 Å². The second kappa shape index (κ2) is 6.39. The Morgan fingerprint density at radius 2 is 1.62 bits per heavy atom. The topological polar surface area (TPSA) is 23.5 Å². The van der Waals surface area contributed by atoms with E-state index in [2.05, 4.69) is 39.5 Å². The van der Waals surface area contributed by atoms with Gasteiger partial charge in [0.25, 0.3) is 0 Å². The molecule has 80 valence electrons. The molecule has 2 nitrogen and oxygen atoms in total. The van der Waals surface area contributed by atoms with E-state index >= 15 is 0 Å². The van der Waals surface area contributed by atoms with Crippen molar-refractivity contribution in [3.63, 3.8) is 0 Å². The van der Waals surface area contributed by atoms with Crippen molar-refractivity contribution < 1.29 is 5.11 Å². The zero-order valence-corrected chi connectivity index (χ0v) is 9.75. The second-order valence-electron chi connectivity index (χ2n) is 4.76. The lowest BCUT2D eigenvalue weighted by molar-refractivity contribution is 0.166. The van der Waals surface area contributed by atoms with E-state index in [1.807, 2.05) is 0 Å². The van der Waals surface area contributed by atoms with Gasteiger partial charge in [-0.3, -0.25) is 4.90 Å². The van der Waals surface area contributed by atoms with Crippen LogP contribution in [0.1, 0.15) is 41.0 Å². The van der Waals surface area contributed by atoms with Gasteiger partial charge in [-0.05, 0) is 26.2 Å². The van der Waals surface area contributed by atoms with Crippen LogP contribution in [-0.4, -0.2) is 35.2 Å². The summed E-state index contributed by atoms with van der Waals surface area (Å²) >= 11 is 0. The number of hydrogen-bond donors (Lipinski definition) is 1. The fourth-order valence-electron chi connectivity index (χ4n) is 1.24. The smallest absolute Gasteiger partial charge is 0.0679 e. The molecule has 1 aliphatic heterocycles. The van der Waals surface area contributed by atoms with Gasteiger partial charge in [-0.25, -0.2) is 0 Å². The third-order valence-corrected chi connectivity index (χ3v) is 1.93. The van der Waals surface area contributed by atoms with E-state index < -0.39 is 0 Å². The van der Waals surface area contributed by atoms with Gasteiger partial charge in [-0.15, -0.1) is 0 Å². The van der Waals surface area contributed by atoms with Gasteiger partial charge in [-0.1, -0.05) is 20.8 Å². The summed E-state index contributed by atoms with van der Waals surface area (Å²) in [6.45, 7) is 12.8. The van der Waals surface area contributed by atoms with Crippen LogP contribution in [0.5, 0.6) is 0 Å². The first kappa shape index (κ1) is 12.9. The minimum absolute atomic E-state index is 0.0626. The molecule has 0 aromatic carbocycles. The summed E-state index contributed by atoms with van der Waals surface area (Å²) in [5.74, 6) is 0.833. The molecule has 1 rings (SSSR count). The van der Waals surface area contributed by atoms with Gasteiger partial charge in [0.05, 0.1) is 6.10 Å². The standard InChI is InChI=1S/C7H15NO.C4H10/c1-6(2)8-4-3-7(9)5-8;1-4(2)3/h6-7,9H,3-5H2,1-2H3;4H,1-3H3. The lowest BCUT2D eigenvalue weighted by Crippen LogP contribution is -2.28. The Bertz CT molecular complexity index is 121. The van der Waals surface area contributed by atoms with Crippen LogP contribution in [0.25, 0.3) is 0 Å². The number of β-amino-alcohol motifs (C(OH)–C–C–N with tert-alkyl or cyclic N) is 1. The fourth-order valence-corrected chi connectivity index (χ4v) is 1.24. The van der Waals surface area contributed by atoms with E-state index in [1.165, 1.54) is 0 Å². The monoisotopic (exact) mass is 187 g/mol. The Kier molecular flexibility index (Phi) is 6.35. The van der Waals surface area contributed by atoms with Crippen molar-refractivity contribution in [2.45, 2.75) is 53.2 Å². The fraction of sp³-hybridized carbons (Fsp3) is 1.00. The zero-order chi connectivity index (χ0) is 10.4. The van der Waals surface area contributed by atoms with Crippen molar-refractivity contribution >= 4 is 0 Å². The van der Waals surface area contributed by atoms with Crippen LogP contribution in [0.3, 0.4) is 0 Å². The summed E-state index contributed by atoms with van der Waals surface area (Å²) in [6.07, 6.45) is 0.894. The molecule has 0 spiro atoms. The predicted octanol–water partition coefficient (Wildman–Crippen LogP) is 2.12. The summed E-state index contributed by atoms with van der Waals surface area (Å²) < 4.78 is 0. The van der Waals surface area contributed by atoms with Gasteiger partial charge in [0.15, 0.2) is 0 Å². The zero-order valence-electron chi connectivity index (χ0n) is 9.75. The van der Waals surface area contributed by atoms with Crippen LogP contribution in [0.15, 0.2) is 0 Å². The number of hydrogen-bond acceptors (Lipinski definition) is 2. The Morgan fingerprint density at radius 1 is 1.15 bits per heavy atom. The van der Waals surface area contributed by atoms with Gasteiger partial charge in [-0.2, -0.15) is 0 Å². The Morgan fingerprint density at radius 3 is 1.77 bits per heavy atom. The van der Waals surface area contributed by atoms with E-state index in [-0.39, 0.29) is 6.10 Å². The lowest BCUT2D eigenvalue weighted by Gasteiger charge is -2.18. The van der Waals surface area contributed by atoms with Gasteiger partial charge < -0.3 is 5.11 Å². The molecule has 2 heteroatoms. The number of rotatable bonds is 1. The van der Waals surface area contributed by atoms with Crippen molar-refractivity contribution in [2.24, 2.45) is 5.92 Å². The lowest BCUT2D eigenvalue weighted by atomic mass is 10.3. The summed E-state index contributed by atoms with van der Waals surface area (Å²) in [5.41, 5.74) is 0. The maximum atomic E-state index is 9.11. The molecule has 1 atom stereocenters. The molecule has 1 unspecified atom stereocenters. The Labute approximate surface area is 82.9 Å². The van der Waals surface area contributed by atoms with Crippen LogP contribution < -0.4 is 0 Å². The van der Waals surface area contributed by atoms with E-state index in [0.717, 1.165) is 25.4 Å². The molecule has 0 bridgehead atoms. The molecule has 13 heavy (non-hydrogen) atoms. The predicted molar refractivity (Wildman–Crippen MR) is 57.8 cm³/mol. The first-order valence-electron chi connectivity index (χ1n) is 5.35. The maximum Gasteiger partial charge on any atom is 0.0679 e. The summed E-state index contributed by atoms with van der Waals surface area (Å²) in [6, 6.07) is 0.599. The molecular formula is C11H25NO. The first-order valence-corrected chi connectivity index (χ1v) is 5.35. The van der Waals surface area contributed by atoms with Crippen LogP contribution in [0.4, 0.5) is 0 Å².